The van der Waals surface area contributed by atoms with Gasteiger partial charge in [0.25, 0.3) is 5.91 Å². The molecular formula is C23H28N4O4. The third-order valence-corrected chi connectivity index (χ3v) is 5.83. The number of pyridine rings is 1. The number of hydrogen-bond acceptors (Lipinski definition) is 6. The molecule has 1 fully saturated rings. The Morgan fingerprint density at radius 3 is 2.77 bits per heavy atom. The lowest BCUT2D eigenvalue weighted by Crippen LogP contribution is -2.46. The zero-order chi connectivity index (χ0) is 21.8. The molecule has 0 bridgehead atoms. The Bertz CT molecular complexity index is 1060. The number of likely N-dealkylation sites (tertiary alicyclic amines) is 1. The molecule has 3 N–H and O–H groups in total. The highest BCUT2D eigenvalue weighted by Gasteiger charge is 2.33. The lowest BCUT2D eigenvalue weighted by Gasteiger charge is -2.38. The summed E-state index contributed by atoms with van der Waals surface area (Å²) in [5.41, 5.74) is 6.53. The summed E-state index contributed by atoms with van der Waals surface area (Å²) in [6.07, 6.45) is 7.04. The second kappa shape index (κ2) is 8.95. The molecule has 0 atom stereocenters. The van der Waals surface area contributed by atoms with Gasteiger partial charge in [-0.2, -0.15) is 0 Å². The van der Waals surface area contributed by atoms with Crippen LogP contribution in [0.15, 0.2) is 48.9 Å². The maximum Gasteiger partial charge on any atom is 0.255 e. The minimum absolute atomic E-state index is 0.187. The average molecular weight is 425 g/mol. The van der Waals surface area contributed by atoms with Crippen molar-refractivity contribution in [3.05, 3.63) is 54.5 Å². The standard InChI is InChI=1S/C23H28N4O4/c1-30-21-12-17(2-3-20(21)31-15-22(24)28)14-26-10-6-23(29,7-11-26)16-27-9-5-18-4-8-25-13-19(18)27/h2-5,8-9,12-13,29H,6-7,10-11,14-16H2,1H3,(H2,24,28). The van der Waals surface area contributed by atoms with Gasteiger partial charge in [-0.05, 0) is 42.7 Å². The monoisotopic (exact) mass is 424 g/mol. The molecule has 0 unspecified atom stereocenters. The normalized spacial score (nSPS) is 16.3. The number of benzene rings is 1. The smallest absolute Gasteiger partial charge is 0.255 e. The predicted molar refractivity (Wildman–Crippen MR) is 117 cm³/mol. The Morgan fingerprint density at radius 2 is 2.03 bits per heavy atom. The molecule has 0 saturated carbocycles. The number of carbonyl (C=O) groups is 1. The lowest BCUT2D eigenvalue weighted by molar-refractivity contribution is -0.119. The largest absolute Gasteiger partial charge is 0.493 e. The molecular weight excluding hydrogens is 396 g/mol. The van der Waals surface area contributed by atoms with Crippen LogP contribution in [-0.4, -0.2) is 57.9 Å². The van der Waals surface area contributed by atoms with Gasteiger partial charge >= 0.3 is 0 Å². The Labute approximate surface area is 181 Å². The van der Waals surface area contributed by atoms with Crippen molar-refractivity contribution in [3.63, 3.8) is 0 Å². The molecule has 1 saturated heterocycles. The van der Waals surface area contributed by atoms with Crippen LogP contribution in [0.1, 0.15) is 18.4 Å². The fourth-order valence-corrected chi connectivity index (χ4v) is 4.11. The Hall–Kier alpha value is -3.10. The summed E-state index contributed by atoms with van der Waals surface area (Å²) in [6, 6.07) is 9.70. The van der Waals surface area contributed by atoms with Crippen LogP contribution in [0.4, 0.5) is 0 Å². The molecule has 4 rings (SSSR count). The quantitative estimate of drug-likeness (QED) is 0.573. The zero-order valence-corrected chi connectivity index (χ0v) is 17.7. The predicted octanol–water partition coefficient (Wildman–Crippen LogP) is 1.94. The van der Waals surface area contributed by atoms with Gasteiger partial charge in [-0.1, -0.05) is 6.07 Å². The van der Waals surface area contributed by atoms with Crippen molar-refractivity contribution in [1.29, 1.82) is 0 Å². The summed E-state index contributed by atoms with van der Waals surface area (Å²) >= 11 is 0. The summed E-state index contributed by atoms with van der Waals surface area (Å²) in [4.78, 5) is 17.5. The zero-order valence-electron chi connectivity index (χ0n) is 17.7. The molecule has 0 aliphatic carbocycles. The van der Waals surface area contributed by atoms with Gasteiger partial charge in [0.15, 0.2) is 18.1 Å². The van der Waals surface area contributed by atoms with E-state index in [1.54, 1.807) is 19.4 Å². The van der Waals surface area contributed by atoms with Gasteiger partial charge in [0.1, 0.15) is 0 Å². The molecule has 31 heavy (non-hydrogen) atoms. The van der Waals surface area contributed by atoms with E-state index >= 15 is 0 Å². The van der Waals surface area contributed by atoms with Crippen molar-refractivity contribution >= 4 is 16.8 Å². The maximum absolute atomic E-state index is 11.2. The molecule has 1 aliphatic heterocycles. The van der Waals surface area contributed by atoms with Crippen molar-refractivity contribution < 1.29 is 19.4 Å². The van der Waals surface area contributed by atoms with Crippen LogP contribution >= 0.6 is 0 Å². The number of primary amides is 1. The van der Waals surface area contributed by atoms with Gasteiger partial charge in [-0.25, -0.2) is 0 Å². The van der Waals surface area contributed by atoms with E-state index in [-0.39, 0.29) is 6.61 Å². The van der Waals surface area contributed by atoms with Gasteiger partial charge < -0.3 is 24.9 Å². The topological polar surface area (TPSA) is 103 Å². The SMILES string of the molecule is COc1cc(CN2CCC(O)(Cn3ccc4ccncc43)CC2)ccc1OCC(N)=O. The van der Waals surface area contributed by atoms with Gasteiger partial charge in [0.2, 0.25) is 0 Å². The van der Waals surface area contributed by atoms with E-state index in [4.69, 9.17) is 15.2 Å². The highest BCUT2D eigenvalue weighted by atomic mass is 16.5. The van der Waals surface area contributed by atoms with Crippen LogP contribution in [-0.2, 0) is 17.9 Å². The third-order valence-electron chi connectivity index (χ3n) is 5.83. The van der Waals surface area contributed by atoms with Gasteiger partial charge in [-0.3, -0.25) is 14.7 Å². The molecule has 0 radical (unpaired) electrons. The summed E-state index contributed by atoms with van der Waals surface area (Å²) in [7, 11) is 1.57. The summed E-state index contributed by atoms with van der Waals surface area (Å²) < 4.78 is 12.9. The number of rotatable bonds is 8. The number of carbonyl (C=O) groups excluding carboxylic acids is 1. The Morgan fingerprint density at radius 1 is 1.23 bits per heavy atom. The number of nitrogens with two attached hydrogens (primary N) is 1. The highest BCUT2D eigenvalue weighted by Crippen LogP contribution is 2.30. The molecule has 8 nitrogen and oxygen atoms in total. The molecule has 1 aromatic carbocycles. The second-order valence-electron chi connectivity index (χ2n) is 8.12. The molecule has 8 heteroatoms. The first kappa shape index (κ1) is 21.1. The molecule has 1 amide bonds. The third kappa shape index (κ3) is 4.98. The lowest BCUT2D eigenvalue weighted by atomic mass is 9.91. The van der Waals surface area contributed by atoms with Gasteiger partial charge in [0, 0.05) is 37.4 Å². The van der Waals surface area contributed by atoms with E-state index in [9.17, 15) is 9.90 Å². The number of methoxy groups -OCH3 is 1. The number of ether oxygens (including phenoxy) is 2. The first-order chi connectivity index (χ1) is 15.0. The van der Waals surface area contributed by atoms with Crippen molar-refractivity contribution in [1.82, 2.24) is 14.5 Å². The molecule has 1 aliphatic rings. The average Bonchev–Trinajstić information content (AvgIpc) is 3.17. The number of nitrogens with zero attached hydrogens (tertiary/aromatic N) is 3. The van der Waals surface area contributed by atoms with Gasteiger partial charge in [0.05, 0.1) is 31.0 Å². The first-order valence-electron chi connectivity index (χ1n) is 10.4. The summed E-state index contributed by atoms with van der Waals surface area (Å²) in [6.45, 7) is 2.73. The number of aromatic nitrogens is 2. The van der Waals surface area contributed by atoms with Crippen LogP contribution in [0.25, 0.3) is 10.9 Å². The number of hydrogen-bond donors (Lipinski definition) is 2. The number of aliphatic hydroxyl groups is 1. The van der Waals surface area contributed by atoms with Crippen molar-refractivity contribution in [2.24, 2.45) is 5.73 Å². The van der Waals surface area contributed by atoms with E-state index in [0.29, 0.717) is 30.9 Å². The molecule has 164 valence electrons. The summed E-state index contributed by atoms with van der Waals surface area (Å²) in [5.74, 6) is 0.531. The van der Waals surface area contributed by atoms with Crippen LogP contribution < -0.4 is 15.2 Å². The van der Waals surface area contributed by atoms with E-state index in [1.165, 1.54) is 0 Å². The van der Waals surface area contributed by atoms with Crippen LogP contribution in [0, 0.1) is 0 Å². The molecule has 0 spiro atoms. The minimum atomic E-state index is -0.734. The number of piperidine rings is 1. The van der Waals surface area contributed by atoms with Crippen molar-refractivity contribution in [3.8, 4) is 11.5 Å². The fourth-order valence-electron chi connectivity index (χ4n) is 4.11. The first-order valence-corrected chi connectivity index (χ1v) is 10.4. The molecule has 2 aromatic heterocycles. The molecule has 3 aromatic rings. The van der Waals surface area contributed by atoms with E-state index < -0.39 is 11.5 Å². The van der Waals surface area contributed by atoms with Crippen LogP contribution in [0.3, 0.4) is 0 Å². The van der Waals surface area contributed by atoms with Crippen molar-refractivity contribution in [2.45, 2.75) is 31.5 Å². The van der Waals surface area contributed by atoms with Gasteiger partial charge in [-0.15, -0.1) is 0 Å². The van der Waals surface area contributed by atoms with E-state index in [0.717, 1.165) is 36.1 Å². The second-order valence-corrected chi connectivity index (χ2v) is 8.12. The van der Waals surface area contributed by atoms with Crippen LogP contribution in [0.5, 0.6) is 11.5 Å². The number of amides is 1. The summed E-state index contributed by atoms with van der Waals surface area (Å²) in [5, 5.41) is 12.3. The van der Waals surface area contributed by atoms with E-state index in [2.05, 4.69) is 20.5 Å². The highest BCUT2D eigenvalue weighted by molar-refractivity contribution is 5.78. The Kier molecular flexibility index (Phi) is 6.11. The van der Waals surface area contributed by atoms with Crippen molar-refractivity contribution in [2.75, 3.05) is 26.8 Å². The molecule has 3 heterocycles. The maximum atomic E-state index is 11.2. The van der Waals surface area contributed by atoms with Crippen LogP contribution in [0.2, 0.25) is 0 Å². The Balaban J connectivity index is 1.36. The minimum Gasteiger partial charge on any atom is -0.493 e. The fraction of sp³-hybridized carbons (Fsp3) is 0.391. The number of fused-ring (bicyclic) bond motifs is 1. The van der Waals surface area contributed by atoms with E-state index in [1.807, 2.05) is 30.6 Å².